The molecule has 2 aromatic carbocycles. The van der Waals surface area contributed by atoms with Crippen LogP contribution in [0.5, 0.6) is 0 Å². The first-order chi connectivity index (χ1) is 13.5. The van der Waals surface area contributed by atoms with E-state index in [4.69, 9.17) is 5.73 Å². The molecule has 0 aliphatic rings. The van der Waals surface area contributed by atoms with Crippen LogP contribution in [0.25, 0.3) is 22.2 Å². The largest absolute Gasteiger partial charge is 0.422 e. The molecular weight excluding hydrogens is 358 g/mol. The zero-order valence-corrected chi connectivity index (χ0v) is 14.5. The Balaban J connectivity index is 1.75. The lowest BCUT2D eigenvalue weighted by atomic mass is 10.0. The van der Waals surface area contributed by atoms with Crippen LogP contribution in [0.3, 0.4) is 0 Å². The molecule has 8 heteroatoms. The van der Waals surface area contributed by atoms with Crippen LogP contribution in [0.4, 0.5) is 11.5 Å². The summed E-state index contributed by atoms with van der Waals surface area (Å²) < 4.78 is 0.409. The van der Waals surface area contributed by atoms with Crippen molar-refractivity contribution in [1.82, 2.24) is 14.7 Å². The molecule has 0 unspecified atom stereocenters. The van der Waals surface area contributed by atoms with Gasteiger partial charge in [0.2, 0.25) is 5.91 Å². The van der Waals surface area contributed by atoms with E-state index in [0.29, 0.717) is 21.4 Å². The lowest BCUT2D eigenvalue weighted by Crippen LogP contribution is -2.23. The maximum Gasteiger partial charge on any atom is 0.384 e. The van der Waals surface area contributed by atoms with Crippen LogP contribution in [0, 0.1) is 0 Å². The topological polar surface area (TPSA) is 123 Å². The summed E-state index contributed by atoms with van der Waals surface area (Å²) in [6.07, 6.45) is 1.48. The summed E-state index contributed by atoms with van der Waals surface area (Å²) >= 11 is 0. The van der Waals surface area contributed by atoms with Gasteiger partial charge in [-0.2, -0.15) is 4.98 Å². The second-order valence-corrected chi connectivity index (χ2v) is 6.08. The maximum absolute atomic E-state index is 11.9. The fourth-order valence-corrected chi connectivity index (χ4v) is 2.90. The van der Waals surface area contributed by atoms with Crippen LogP contribution in [-0.4, -0.2) is 25.8 Å². The highest BCUT2D eigenvalue weighted by molar-refractivity contribution is 5.94. The molecule has 1 amide bonds. The number of rotatable bonds is 4. The summed E-state index contributed by atoms with van der Waals surface area (Å²) in [5.41, 5.74) is 7.40. The SMILES string of the molecule is NC(=O)c1cccc(-c2cccc(Nc3nc(=O)n(O)c4ncccc34)c2)c1. The number of carbonyl (C=O) groups excluding carboxylic acids is 1. The minimum absolute atomic E-state index is 0.107. The van der Waals surface area contributed by atoms with Gasteiger partial charge in [-0.05, 0) is 47.5 Å². The monoisotopic (exact) mass is 373 g/mol. The number of amides is 1. The lowest BCUT2D eigenvalue weighted by Gasteiger charge is -2.11. The van der Waals surface area contributed by atoms with E-state index in [2.05, 4.69) is 15.3 Å². The van der Waals surface area contributed by atoms with Crippen molar-refractivity contribution < 1.29 is 10.0 Å². The second-order valence-electron chi connectivity index (χ2n) is 6.08. The summed E-state index contributed by atoms with van der Waals surface area (Å²) in [7, 11) is 0. The highest BCUT2D eigenvalue weighted by Gasteiger charge is 2.11. The molecule has 0 aliphatic heterocycles. The Morgan fingerprint density at radius 1 is 1.04 bits per heavy atom. The van der Waals surface area contributed by atoms with E-state index in [-0.39, 0.29) is 11.5 Å². The van der Waals surface area contributed by atoms with Crippen molar-refractivity contribution in [3.8, 4) is 11.1 Å². The third-order valence-corrected chi connectivity index (χ3v) is 4.24. The van der Waals surface area contributed by atoms with Crippen molar-refractivity contribution in [2.75, 3.05) is 5.32 Å². The van der Waals surface area contributed by atoms with Gasteiger partial charge in [0.05, 0.1) is 5.39 Å². The Morgan fingerprint density at radius 2 is 1.79 bits per heavy atom. The van der Waals surface area contributed by atoms with Crippen molar-refractivity contribution in [1.29, 1.82) is 0 Å². The van der Waals surface area contributed by atoms with Gasteiger partial charge in [-0.1, -0.05) is 24.3 Å². The van der Waals surface area contributed by atoms with Gasteiger partial charge >= 0.3 is 5.69 Å². The molecule has 0 saturated heterocycles. The first-order valence-corrected chi connectivity index (χ1v) is 8.37. The second kappa shape index (κ2) is 6.84. The van der Waals surface area contributed by atoms with Crippen LogP contribution < -0.4 is 16.7 Å². The van der Waals surface area contributed by atoms with Gasteiger partial charge < -0.3 is 16.3 Å². The zero-order chi connectivity index (χ0) is 19.7. The van der Waals surface area contributed by atoms with Gasteiger partial charge in [-0.25, -0.2) is 9.78 Å². The molecule has 4 aromatic rings. The molecule has 8 nitrogen and oxygen atoms in total. The molecule has 0 radical (unpaired) electrons. The first kappa shape index (κ1) is 17.2. The lowest BCUT2D eigenvalue weighted by molar-refractivity contribution is 0.100. The quantitative estimate of drug-likeness (QED) is 0.472. The van der Waals surface area contributed by atoms with Crippen molar-refractivity contribution in [3.63, 3.8) is 0 Å². The molecule has 138 valence electrons. The van der Waals surface area contributed by atoms with Crippen LogP contribution in [0.2, 0.25) is 0 Å². The number of nitrogens with zero attached hydrogens (tertiary/aromatic N) is 3. The third-order valence-electron chi connectivity index (χ3n) is 4.24. The number of nitrogens with two attached hydrogens (primary N) is 1. The van der Waals surface area contributed by atoms with E-state index in [1.54, 1.807) is 30.3 Å². The Morgan fingerprint density at radius 3 is 2.57 bits per heavy atom. The smallest absolute Gasteiger partial charge is 0.384 e. The van der Waals surface area contributed by atoms with Gasteiger partial charge in [-0.15, -0.1) is 4.73 Å². The highest BCUT2D eigenvalue weighted by Crippen LogP contribution is 2.26. The normalized spacial score (nSPS) is 10.7. The minimum Gasteiger partial charge on any atom is -0.422 e. The number of aromatic nitrogens is 3. The predicted molar refractivity (Wildman–Crippen MR) is 105 cm³/mol. The number of benzene rings is 2. The van der Waals surface area contributed by atoms with Crippen molar-refractivity contribution >= 4 is 28.4 Å². The molecule has 0 fully saturated rings. The van der Waals surface area contributed by atoms with Crippen LogP contribution >= 0.6 is 0 Å². The summed E-state index contributed by atoms with van der Waals surface area (Å²) in [6, 6.07) is 17.8. The number of anilines is 2. The Hall–Kier alpha value is -4.20. The molecule has 2 aromatic heterocycles. The molecule has 0 bridgehead atoms. The van der Waals surface area contributed by atoms with Gasteiger partial charge in [0.15, 0.2) is 5.65 Å². The van der Waals surface area contributed by atoms with E-state index < -0.39 is 11.6 Å². The van der Waals surface area contributed by atoms with Crippen LogP contribution in [0.15, 0.2) is 71.7 Å². The number of hydrogen-bond acceptors (Lipinski definition) is 6. The number of nitrogens with one attached hydrogen (secondary N) is 1. The van der Waals surface area contributed by atoms with E-state index in [0.717, 1.165) is 11.1 Å². The van der Waals surface area contributed by atoms with Gasteiger partial charge in [0, 0.05) is 17.4 Å². The average Bonchev–Trinajstić information content (AvgIpc) is 2.72. The molecule has 4 rings (SSSR count). The summed E-state index contributed by atoms with van der Waals surface area (Å²) in [6.45, 7) is 0. The summed E-state index contributed by atoms with van der Waals surface area (Å²) in [4.78, 5) is 31.2. The molecule has 0 atom stereocenters. The standard InChI is InChI=1S/C20H15N5O3/c21-17(26)14-6-1-4-12(10-14)13-5-2-7-15(11-13)23-18-16-8-3-9-22-19(16)25(28)20(27)24-18/h1-11,28H,(H2,21,26)(H,23,24,27). The van der Waals surface area contributed by atoms with Gasteiger partial charge in [0.25, 0.3) is 0 Å². The molecule has 0 aliphatic carbocycles. The maximum atomic E-state index is 11.9. The molecule has 28 heavy (non-hydrogen) atoms. The van der Waals surface area contributed by atoms with Crippen LogP contribution in [0.1, 0.15) is 10.4 Å². The van der Waals surface area contributed by atoms with Gasteiger partial charge in [-0.3, -0.25) is 4.79 Å². The fraction of sp³-hybridized carbons (Fsp3) is 0. The minimum atomic E-state index is -0.834. The Bertz CT molecular complexity index is 1270. The zero-order valence-electron chi connectivity index (χ0n) is 14.5. The first-order valence-electron chi connectivity index (χ1n) is 8.37. The summed E-state index contributed by atoms with van der Waals surface area (Å²) in [5, 5.41) is 13.4. The molecular formula is C20H15N5O3. The van der Waals surface area contributed by atoms with Crippen molar-refractivity contribution in [2.45, 2.75) is 0 Å². The number of primary amides is 1. The van der Waals surface area contributed by atoms with Gasteiger partial charge in [0.1, 0.15) is 5.82 Å². The van der Waals surface area contributed by atoms with E-state index >= 15 is 0 Å². The molecule has 4 N–H and O–H groups in total. The number of pyridine rings is 1. The number of hydrogen-bond donors (Lipinski definition) is 3. The van der Waals surface area contributed by atoms with E-state index in [1.165, 1.54) is 6.20 Å². The number of carbonyl (C=O) groups is 1. The third kappa shape index (κ3) is 3.14. The predicted octanol–water partition coefficient (Wildman–Crippen LogP) is 2.54. The molecule has 0 spiro atoms. The van der Waals surface area contributed by atoms with Crippen LogP contribution in [-0.2, 0) is 0 Å². The van der Waals surface area contributed by atoms with E-state index in [1.807, 2.05) is 30.3 Å². The van der Waals surface area contributed by atoms with E-state index in [9.17, 15) is 14.8 Å². The van der Waals surface area contributed by atoms with Crippen molar-refractivity contribution in [2.24, 2.45) is 5.73 Å². The number of fused-ring (bicyclic) bond motifs is 1. The molecule has 2 heterocycles. The fourth-order valence-electron chi connectivity index (χ4n) is 2.90. The summed E-state index contributed by atoms with van der Waals surface area (Å²) in [5.74, 6) is -0.217. The Kier molecular flexibility index (Phi) is 4.21. The average molecular weight is 373 g/mol. The highest BCUT2D eigenvalue weighted by atomic mass is 16.5. The Labute approximate surface area is 158 Å². The molecule has 0 saturated carbocycles. The van der Waals surface area contributed by atoms with Crippen molar-refractivity contribution in [3.05, 3.63) is 82.9 Å².